The Balaban J connectivity index is 1.73. The molecule has 0 aliphatic rings. The standard InChI is InChI=1S/C29H30O2P/c1-30-25-21-24(22-26(23-25)31-2)13-12-20-32(27-14-6-3-7-15-27,28-16-8-4-9-17-28)29-18-10-5-11-19-29/h3-11,14-19,21-23H,12-13,20H2,1-2H3/q+1. The fourth-order valence-electron chi connectivity index (χ4n) is 4.41. The van der Waals surface area contributed by atoms with E-state index in [0.29, 0.717) is 0 Å². The van der Waals surface area contributed by atoms with Crippen LogP contribution in [0.5, 0.6) is 11.5 Å². The van der Waals surface area contributed by atoms with E-state index < -0.39 is 7.26 Å². The topological polar surface area (TPSA) is 18.5 Å². The molecule has 4 rings (SSSR count). The third-order valence-electron chi connectivity index (χ3n) is 5.96. The smallest absolute Gasteiger partial charge is 0.122 e. The van der Waals surface area contributed by atoms with Crippen LogP contribution in [0.2, 0.25) is 0 Å². The van der Waals surface area contributed by atoms with Crippen LogP contribution in [0.4, 0.5) is 0 Å². The molecule has 0 unspecified atom stereocenters. The van der Waals surface area contributed by atoms with Gasteiger partial charge in [0.15, 0.2) is 0 Å². The molecule has 0 fully saturated rings. The minimum Gasteiger partial charge on any atom is -0.497 e. The molecule has 4 aromatic rings. The van der Waals surface area contributed by atoms with E-state index in [0.717, 1.165) is 30.5 Å². The number of rotatable bonds is 9. The number of ether oxygens (including phenoxy) is 2. The highest BCUT2D eigenvalue weighted by Gasteiger charge is 2.44. The molecule has 0 radical (unpaired) electrons. The molecule has 0 aromatic heterocycles. The second kappa shape index (κ2) is 10.5. The molecule has 0 bridgehead atoms. The average molecular weight is 442 g/mol. The van der Waals surface area contributed by atoms with E-state index in [2.05, 4.69) is 103 Å². The zero-order chi connectivity index (χ0) is 22.2. The number of methoxy groups -OCH3 is 2. The predicted molar refractivity (Wildman–Crippen MR) is 138 cm³/mol. The molecule has 4 aromatic carbocycles. The molecule has 32 heavy (non-hydrogen) atoms. The highest BCUT2D eigenvalue weighted by atomic mass is 31.2. The minimum absolute atomic E-state index is 0.842. The molecule has 0 amide bonds. The SMILES string of the molecule is COc1cc(CCC[P+](c2ccccc2)(c2ccccc2)c2ccccc2)cc(OC)c1. The van der Waals surface area contributed by atoms with E-state index in [1.165, 1.54) is 21.5 Å². The van der Waals surface area contributed by atoms with Gasteiger partial charge in [-0.05, 0) is 66.9 Å². The highest BCUT2D eigenvalue weighted by Crippen LogP contribution is 2.55. The first-order valence-electron chi connectivity index (χ1n) is 11.0. The Hall–Kier alpha value is -3.09. The van der Waals surface area contributed by atoms with Gasteiger partial charge in [0, 0.05) is 6.07 Å². The van der Waals surface area contributed by atoms with Gasteiger partial charge in [-0.1, -0.05) is 54.6 Å². The molecule has 162 valence electrons. The summed E-state index contributed by atoms with van der Waals surface area (Å²) in [6, 6.07) is 39.4. The van der Waals surface area contributed by atoms with Gasteiger partial charge in [-0.2, -0.15) is 0 Å². The first-order valence-corrected chi connectivity index (χ1v) is 13.0. The maximum atomic E-state index is 5.48. The normalized spacial score (nSPS) is 11.2. The van der Waals surface area contributed by atoms with Crippen LogP contribution in [-0.2, 0) is 6.42 Å². The van der Waals surface area contributed by atoms with Crippen LogP contribution in [0, 0.1) is 0 Å². The van der Waals surface area contributed by atoms with Crippen LogP contribution in [0.3, 0.4) is 0 Å². The molecule has 3 heteroatoms. The van der Waals surface area contributed by atoms with Crippen molar-refractivity contribution in [2.24, 2.45) is 0 Å². The quantitative estimate of drug-likeness (QED) is 0.314. The summed E-state index contributed by atoms with van der Waals surface area (Å²) in [6.45, 7) is 0. The molecule has 0 saturated carbocycles. The van der Waals surface area contributed by atoms with Crippen molar-refractivity contribution in [2.45, 2.75) is 12.8 Å². The van der Waals surface area contributed by atoms with Crippen molar-refractivity contribution in [3.8, 4) is 11.5 Å². The maximum Gasteiger partial charge on any atom is 0.122 e. The van der Waals surface area contributed by atoms with Gasteiger partial charge in [0.05, 0.1) is 20.4 Å². The lowest BCUT2D eigenvalue weighted by Gasteiger charge is -2.27. The van der Waals surface area contributed by atoms with Gasteiger partial charge in [-0.15, -0.1) is 0 Å². The average Bonchev–Trinajstić information content (AvgIpc) is 2.88. The van der Waals surface area contributed by atoms with Crippen LogP contribution < -0.4 is 25.4 Å². The highest BCUT2D eigenvalue weighted by molar-refractivity contribution is 7.95. The molecular formula is C29H30O2P+. The van der Waals surface area contributed by atoms with E-state index in [1.54, 1.807) is 14.2 Å². The molecule has 0 aliphatic carbocycles. The number of aryl methyl sites for hydroxylation is 1. The largest absolute Gasteiger partial charge is 0.497 e. The molecular weight excluding hydrogens is 411 g/mol. The van der Waals surface area contributed by atoms with Gasteiger partial charge < -0.3 is 9.47 Å². The van der Waals surface area contributed by atoms with Crippen molar-refractivity contribution < 1.29 is 9.47 Å². The zero-order valence-corrected chi connectivity index (χ0v) is 19.7. The van der Waals surface area contributed by atoms with E-state index in [4.69, 9.17) is 9.47 Å². The first kappa shape index (κ1) is 22.1. The monoisotopic (exact) mass is 441 g/mol. The second-order valence-electron chi connectivity index (χ2n) is 7.86. The number of benzene rings is 4. The van der Waals surface area contributed by atoms with E-state index in [-0.39, 0.29) is 0 Å². The summed E-state index contributed by atoms with van der Waals surface area (Å²) in [6.07, 6.45) is 3.15. The lowest BCUT2D eigenvalue weighted by molar-refractivity contribution is 0.393. The van der Waals surface area contributed by atoms with Gasteiger partial charge in [0.2, 0.25) is 0 Å². The van der Waals surface area contributed by atoms with Gasteiger partial charge in [-0.25, -0.2) is 0 Å². The Morgan fingerprint density at radius 3 is 1.34 bits per heavy atom. The van der Waals surface area contributed by atoms with Crippen LogP contribution in [0.1, 0.15) is 12.0 Å². The van der Waals surface area contributed by atoms with E-state index >= 15 is 0 Å². The lowest BCUT2D eigenvalue weighted by Crippen LogP contribution is -2.33. The van der Waals surface area contributed by atoms with Gasteiger partial charge >= 0.3 is 0 Å². The Labute approximate surface area is 192 Å². The fraction of sp³-hybridized carbons (Fsp3) is 0.172. The maximum absolute atomic E-state index is 5.48. The summed E-state index contributed by atoms with van der Waals surface area (Å²) >= 11 is 0. The second-order valence-corrected chi connectivity index (χ2v) is 11.5. The van der Waals surface area contributed by atoms with Crippen LogP contribution in [0.15, 0.2) is 109 Å². The van der Waals surface area contributed by atoms with Crippen molar-refractivity contribution in [2.75, 3.05) is 20.4 Å². The first-order chi connectivity index (χ1) is 15.8. The van der Waals surface area contributed by atoms with Crippen LogP contribution >= 0.6 is 7.26 Å². The number of hydrogen-bond donors (Lipinski definition) is 0. The lowest BCUT2D eigenvalue weighted by atomic mass is 10.1. The molecule has 2 nitrogen and oxygen atoms in total. The van der Waals surface area contributed by atoms with Crippen LogP contribution in [0.25, 0.3) is 0 Å². The Kier molecular flexibility index (Phi) is 7.24. The van der Waals surface area contributed by atoms with E-state index in [1.807, 2.05) is 6.07 Å². The summed E-state index contributed by atoms with van der Waals surface area (Å²) in [5.41, 5.74) is 1.24. The molecule has 0 N–H and O–H groups in total. The van der Waals surface area contributed by atoms with Crippen LogP contribution in [-0.4, -0.2) is 20.4 Å². The summed E-state index contributed by atoms with van der Waals surface area (Å²) in [5, 5.41) is 4.29. The minimum atomic E-state index is -1.79. The van der Waals surface area contributed by atoms with Crippen molar-refractivity contribution in [3.05, 3.63) is 115 Å². The Morgan fingerprint density at radius 2 is 0.969 bits per heavy atom. The van der Waals surface area contributed by atoms with E-state index in [9.17, 15) is 0 Å². The molecule has 0 aliphatic heterocycles. The molecule has 0 saturated heterocycles. The Bertz CT molecular complexity index is 993. The van der Waals surface area contributed by atoms with Gasteiger partial charge in [0.1, 0.15) is 34.7 Å². The van der Waals surface area contributed by atoms with Crippen molar-refractivity contribution in [1.29, 1.82) is 0 Å². The summed E-state index contributed by atoms with van der Waals surface area (Å²) in [4.78, 5) is 0. The molecule has 0 atom stereocenters. The Morgan fingerprint density at radius 1 is 0.562 bits per heavy atom. The number of hydrogen-bond acceptors (Lipinski definition) is 2. The summed E-state index contributed by atoms with van der Waals surface area (Å²) < 4.78 is 11.0. The predicted octanol–water partition coefficient (Wildman–Crippen LogP) is 5.63. The summed E-state index contributed by atoms with van der Waals surface area (Å²) in [5.74, 6) is 1.68. The third-order valence-corrected chi connectivity index (χ3v) is 10.5. The van der Waals surface area contributed by atoms with Crippen molar-refractivity contribution >= 4 is 23.2 Å². The molecule has 0 heterocycles. The van der Waals surface area contributed by atoms with Crippen molar-refractivity contribution in [1.82, 2.24) is 0 Å². The summed E-state index contributed by atoms with van der Waals surface area (Å²) in [7, 11) is 1.62. The van der Waals surface area contributed by atoms with Gasteiger partial charge in [0.25, 0.3) is 0 Å². The third kappa shape index (κ3) is 4.71. The van der Waals surface area contributed by atoms with Gasteiger partial charge in [-0.3, -0.25) is 0 Å². The molecule has 0 spiro atoms. The fourth-order valence-corrected chi connectivity index (χ4v) is 8.76. The van der Waals surface area contributed by atoms with Crippen molar-refractivity contribution in [3.63, 3.8) is 0 Å². The zero-order valence-electron chi connectivity index (χ0n) is 18.8.